The first kappa shape index (κ1) is 20.9. The maximum Gasteiger partial charge on any atom is 0.306 e. The molecule has 8 heteroatoms. The molecule has 1 heterocycles. The fourth-order valence-electron chi connectivity index (χ4n) is 2.71. The van der Waals surface area contributed by atoms with Crippen LogP contribution in [0.5, 0.6) is 0 Å². The van der Waals surface area contributed by atoms with Crippen LogP contribution in [0.1, 0.15) is 40.2 Å². The molecule has 0 atom stereocenters. The van der Waals surface area contributed by atoms with Gasteiger partial charge in [0.05, 0.1) is 6.42 Å². The van der Waals surface area contributed by atoms with Gasteiger partial charge in [-0.15, -0.1) is 0 Å². The number of hydrogen-bond acceptors (Lipinski definition) is 8. The van der Waals surface area contributed by atoms with E-state index in [1.807, 2.05) is 50.2 Å². The lowest BCUT2D eigenvalue weighted by Crippen LogP contribution is -2.12. The van der Waals surface area contributed by atoms with Gasteiger partial charge in [-0.1, -0.05) is 48.0 Å². The van der Waals surface area contributed by atoms with Crippen molar-refractivity contribution in [2.45, 2.75) is 33.3 Å². The first-order chi connectivity index (χ1) is 14.4. The topological polar surface area (TPSA) is 120 Å². The van der Waals surface area contributed by atoms with Crippen molar-refractivity contribution in [3.8, 4) is 0 Å². The molecule has 0 spiro atoms. The average Bonchev–Trinajstić information content (AvgIpc) is 2.72. The summed E-state index contributed by atoms with van der Waals surface area (Å²) in [6.07, 6.45) is 0.0446. The Hall–Kier alpha value is -3.81. The third-order valence-electron chi connectivity index (χ3n) is 4.38. The minimum Gasteiger partial charge on any atom is -0.457 e. The maximum atomic E-state index is 12.2. The Kier molecular flexibility index (Phi) is 6.69. The molecule has 0 fully saturated rings. The van der Waals surface area contributed by atoms with Gasteiger partial charge >= 0.3 is 5.97 Å². The second-order valence-corrected chi connectivity index (χ2v) is 6.82. The standard InChI is InChI=1S/C22H23N5O3/c1-14-7-9-16(10-8-14)18(28)11-12-20(29)30-13-19-25-21(23)27-22(26-19)24-17-6-4-3-5-15(17)2/h3-10H,11-13H2,1-2H3,(H3,23,24,25,26,27). The molecule has 0 saturated heterocycles. The van der Waals surface area contributed by atoms with E-state index in [-0.39, 0.29) is 43.0 Å². The predicted octanol–water partition coefficient (Wildman–Crippen LogP) is 3.52. The molecular formula is C22H23N5O3. The van der Waals surface area contributed by atoms with Crippen molar-refractivity contribution in [3.05, 3.63) is 71.0 Å². The fourth-order valence-corrected chi connectivity index (χ4v) is 2.71. The zero-order chi connectivity index (χ0) is 21.5. The summed E-state index contributed by atoms with van der Waals surface area (Å²) in [6.45, 7) is 3.74. The third-order valence-corrected chi connectivity index (χ3v) is 4.38. The quantitative estimate of drug-likeness (QED) is 0.431. The van der Waals surface area contributed by atoms with Crippen LogP contribution >= 0.6 is 0 Å². The highest BCUT2D eigenvalue weighted by Gasteiger charge is 2.12. The largest absolute Gasteiger partial charge is 0.457 e. The third kappa shape index (κ3) is 5.84. The number of carbonyl (C=O) groups is 2. The number of nitrogens with one attached hydrogen (secondary N) is 1. The van der Waals surface area contributed by atoms with E-state index in [9.17, 15) is 9.59 Å². The van der Waals surface area contributed by atoms with Gasteiger partial charge in [0.25, 0.3) is 0 Å². The Morgan fingerprint density at radius 2 is 1.70 bits per heavy atom. The summed E-state index contributed by atoms with van der Waals surface area (Å²) in [5, 5.41) is 3.08. The average molecular weight is 405 g/mol. The Balaban J connectivity index is 1.54. The van der Waals surface area contributed by atoms with Gasteiger partial charge in [0.1, 0.15) is 0 Å². The van der Waals surface area contributed by atoms with Crippen LogP contribution in [-0.4, -0.2) is 26.7 Å². The molecule has 3 rings (SSSR count). The van der Waals surface area contributed by atoms with Gasteiger partial charge in [-0.2, -0.15) is 15.0 Å². The van der Waals surface area contributed by atoms with Gasteiger partial charge in [0, 0.05) is 17.7 Å². The molecule has 3 N–H and O–H groups in total. The number of nitrogens with two attached hydrogens (primary N) is 1. The lowest BCUT2D eigenvalue weighted by Gasteiger charge is -2.09. The van der Waals surface area contributed by atoms with Crippen molar-refractivity contribution in [3.63, 3.8) is 0 Å². The van der Waals surface area contributed by atoms with Gasteiger partial charge in [0.2, 0.25) is 11.9 Å². The Morgan fingerprint density at radius 3 is 2.43 bits per heavy atom. The number of esters is 1. The summed E-state index contributed by atoms with van der Waals surface area (Å²) in [4.78, 5) is 36.5. The highest BCUT2D eigenvalue weighted by atomic mass is 16.5. The van der Waals surface area contributed by atoms with Gasteiger partial charge in [0.15, 0.2) is 18.2 Å². The molecule has 154 valence electrons. The van der Waals surface area contributed by atoms with Gasteiger partial charge in [-0.3, -0.25) is 9.59 Å². The number of para-hydroxylation sites is 1. The number of rotatable bonds is 8. The number of benzene rings is 2. The smallest absolute Gasteiger partial charge is 0.306 e. The van der Waals surface area contributed by atoms with Crippen LogP contribution in [0, 0.1) is 13.8 Å². The molecule has 2 aromatic carbocycles. The highest BCUT2D eigenvalue weighted by molar-refractivity contribution is 5.97. The van der Waals surface area contributed by atoms with Crippen molar-refractivity contribution in [2.75, 3.05) is 11.1 Å². The van der Waals surface area contributed by atoms with Crippen molar-refractivity contribution in [1.29, 1.82) is 0 Å². The Bertz CT molecular complexity index is 1050. The second kappa shape index (κ2) is 9.60. The lowest BCUT2D eigenvalue weighted by molar-refractivity contribution is -0.145. The van der Waals surface area contributed by atoms with E-state index in [0.29, 0.717) is 5.56 Å². The maximum absolute atomic E-state index is 12.2. The van der Waals surface area contributed by atoms with Crippen LogP contribution < -0.4 is 11.1 Å². The minimum atomic E-state index is -0.511. The summed E-state index contributed by atoms with van der Waals surface area (Å²) in [7, 11) is 0. The van der Waals surface area contributed by atoms with E-state index in [4.69, 9.17) is 10.5 Å². The lowest BCUT2D eigenvalue weighted by atomic mass is 10.1. The second-order valence-electron chi connectivity index (χ2n) is 6.82. The number of nitrogens with zero attached hydrogens (tertiary/aromatic N) is 3. The van der Waals surface area contributed by atoms with Gasteiger partial charge in [-0.05, 0) is 25.5 Å². The number of ketones is 1. The van der Waals surface area contributed by atoms with Crippen molar-refractivity contribution >= 4 is 29.3 Å². The fraction of sp³-hybridized carbons (Fsp3) is 0.227. The zero-order valence-electron chi connectivity index (χ0n) is 16.9. The summed E-state index contributed by atoms with van der Waals surface area (Å²) < 4.78 is 5.19. The number of Topliss-reactive ketones (excluding diaryl/α,β-unsaturated/α-hetero) is 1. The van der Waals surface area contributed by atoms with Crippen LogP contribution in [0.4, 0.5) is 17.6 Å². The monoisotopic (exact) mass is 405 g/mol. The number of ether oxygens (including phenoxy) is 1. The number of hydrogen-bond donors (Lipinski definition) is 2. The molecule has 0 saturated carbocycles. The molecule has 0 radical (unpaired) electrons. The van der Waals surface area contributed by atoms with Crippen molar-refractivity contribution in [1.82, 2.24) is 15.0 Å². The summed E-state index contributed by atoms with van der Waals surface area (Å²) >= 11 is 0. The zero-order valence-corrected chi connectivity index (χ0v) is 16.9. The predicted molar refractivity (Wildman–Crippen MR) is 113 cm³/mol. The van der Waals surface area contributed by atoms with Crippen molar-refractivity contribution in [2.24, 2.45) is 0 Å². The molecule has 0 unspecified atom stereocenters. The molecule has 0 aliphatic heterocycles. The van der Waals surface area contributed by atoms with Crippen LogP contribution in [0.25, 0.3) is 0 Å². The van der Waals surface area contributed by atoms with E-state index in [1.54, 1.807) is 12.1 Å². The molecule has 0 amide bonds. The molecule has 0 aliphatic carbocycles. The summed E-state index contributed by atoms with van der Waals surface area (Å²) in [6, 6.07) is 14.9. The van der Waals surface area contributed by atoms with Crippen LogP contribution in [0.15, 0.2) is 48.5 Å². The number of aromatic nitrogens is 3. The molecule has 0 aliphatic rings. The number of nitrogen functional groups attached to an aromatic ring is 1. The number of aryl methyl sites for hydroxylation is 2. The summed E-state index contributed by atoms with van der Waals surface area (Å²) in [5.74, 6) is -0.125. The van der Waals surface area contributed by atoms with E-state index in [2.05, 4.69) is 20.3 Å². The first-order valence-corrected chi connectivity index (χ1v) is 9.49. The molecule has 3 aromatic rings. The van der Waals surface area contributed by atoms with Crippen LogP contribution in [0.3, 0.4) is 0 Å². The molecule has 1 aromatic heterocycles. The van der Waals surface area contributed by atoms with E-state index < -0.39 is 5.97 Å². The number of anilines is 3. The van der Waals surface area contributed by atoms with E-state index in [0.717, 1.165) is 16.8 Å². The van der Waals surface area contributed by atoms with Crippen LogP contribution in [-0.2, 0) is 16.1 Å². The van der Waals surface area contributed by atoms with Gasteiger partial charge < -0.3 is 15.8 Å². The molecule has 30 heavy (non-hydrogen) atoms. The van der Waals surface area contributed by atoms with Gasteiger partial charge in [-0.25, -0.2) is 0 Å². The minimum absolute atomic E-state index is 0.0154. The number of carbonyl (C=O) groups excluding carboxylic acids is 2. The summed E-state index contributed by atoms with van der Waals surface area (Å²) in [5.41, 5.74) is 9.24. The molecule has 0 bridgehead atoms. The molecule has 8 nitrogen and oxygen atoms in total. The SMILES string of the molecule is Cc1ccc(C(=O)CCC(=O)OCc2nc(N)nc(Nc3ccccc3C)n2)cc1. The van der Waals surface area contributed by atoms with E-state index >= 15 is 0 Å². The Labute approximate surface area is 174 Å². The Morgan fingerprint density at radius 1 is 0.967 bits per heavy atom. The van der Waals surface area contributed by atoms with Crippen molar-refractivity contribution < 1.29 is 14.3 Å². The van der Waals surface area contributed by atoms with Crippen LogP contribution in [0.2, 0.25) is 0 Å². The van der Waals surface area contributed by atoms with E-state index in [1.165, 1.54) is 0 Å². The first-order valence-electron chi connectivity index (χ1n) is 9.49. The molecular weight excluding hydrogens is 382 g/mol. The highest BCUT2D eigenvalue weighted by Crippen LogP contribution is 2.18. The normalized spacial score (nSPS) is 10.5.